The maximum absolute atomic E-state index is 11.4. The number of nitrogens with one attached hydrogen (secondary N) is 3. The molecule has 166 valence electrons. The summed E-state index contributed by atoms with van der Waals surface area (Å²) in [4.78, 5) is 14.3. The summed E-state index contributed by atoms with van der Waals surface area (Å²) in [5.74, 6) is 0.396. The number of piperidine rings is 1. The predicted molar refractivity (Wildman–Crippen MR) is 114 cm³/mol. The molecule has 1 saturated carbocycles. The number of halogens is 1. The normalized spacial score (nSPS) is 47.1. The van der Waals surface area contributed by atoms with Gasteiger partial charge in [-0.05, 0) is 38.5 Å². The molecule has 3 N–H and O–H groups in total. The van der Waals surface area contributed by atoms with Gasteiger partial charge in [0.05, 0.1) is 23.9 Å². The number of likely N-dealkylation sites (tertiary alicyclic amines) is 1. The lowest BCUT2D eigenvalue weighted by Crippen LogP contribution is -2.61. The molecule has 0 aromatic rings. The maximum atomic E-state index is 11.4. The Bertz CT molecular complexity index is 685. The van der Waals surface area contributed by atoms with Crippen LogP contribution < -0.4 is 16.0 Å². The Morgan fingerprint density at radius 3 is 2.87 bits per heavy atom. The SMILES string of the molecule is N#CC1CC2C(CNC(NC3CCC(N4CCC5(CNC(=O)CO5)C4)CC3)C2Br)O1. The number of fused-ring (bicyclic) bond motifs is 1. The fourth-order valence-corrected chi connectivity index (χ4v) is 6.92. The number of amides is 1. The third-order valence-corrected chi connectivity index (χ3v) is 9.01. The van der Waals surface area contributed by atoms with Crippen LogP contribution in [0.15, 0.2) is 0 Å². The number of alkyl halides is 1. The van der Waals surface area contributed by atoms with E-state index in [2.05, 4.69) is 42.8 Å². The predicted octanol–water partition coefficient (Wildman–Crippen LogP) is 0.468. The zero-order valence-corrected chi connectivity index (χ0v) is 18.9. The van der Waals surface area contributed by atoms with Crippen molar-refractivity contribution in [3.8, 4) is 6.07 Å². The molecule has 0 radical (unpaired) electrons. The van der Waals surface area contributed by atoms with Crippen LogP contribution in [0.1, 0.15) is 38.5 Å². The Morgan fingerprint density at radius 2 is 2.13 bits per heavy atom. The summed E-state index contributed by atoms with van der Waals surface area (Å²) in [6, 6.07) is 3.40. The van der Waals surface area contributed by atoms with Gasteiger partial charge < -0.3 is 14.8 Å². The first-order valence-electron chi connectivity index (χ1n) is 11.4. The Morgan fingerprint density at radius 1 is 1.30 bits per heavy atom. The fourth-order valence-electron chi connectivity index (χ4n) is 6.03. The molecule has 4 saturated heterocycles. The minimum atomic E-state index is -0.263. The van der Waals surface area contributed by atoms with E-state index >= 15 is 0 Å². The maximum Gasteiger partial charge on any atom is 0.246 e. The number of morpholine rings is 1. The highest BCUT2D eigenvalue weighted by Crippen LogP contribution is 2.37. The van der Waals surface area contributed by atoms with Gasteiger partial charge in [-0.15, -0.1) is 0 Å². The van der Waals surface area contributed by atoms with Gasteiger partial charge in [0.2, 0.25) is 5.91 Å². The van der Waals surface area contributed by atoms with E-state index in [0.717, 1.165) is 32.5 Å². The van der Waals surface area contributed by atoms with Gasteiger partial charge in [-0.3, -0.25) is 20.3 Å². The molecule has 4 aliphatic heterocycles. The summed E-state index contributed by atoms with van der Waals surface area (Å²) < 4.78 is 11.8. The first-order valence-corrected chi connectivity index (χ1v) is 12.3. The van der Waals surface area contributed by atoms with E-state index in [-0.39, 0.29) is 41.3 Å². The number of hydrogen-bond acceptors (Lipinski definition) is 7. The van der Waals surface area contributed by atoms with Crippen LogP contribution in [-0.4, -0.2) is 84.5 Å². The first-order chi connectivity index (χ1) is 14.5. The van der Waals surface area contributed by atoms with Crippen LogP contribution in [0.4, 0.5) is 0 Å². The van der Waals surface area contributed by atoms with Crippen molar-refractivity contribution in [2.24, 2.45) is 5.92 Å². The van der Waals surface area contributed by atoms with E-state index in [4.69, 9.17) is 9.47 Å². The molecule has 1 aliphatic carbocycles. The van der Waals surface area contributed by atoms with Crippen LogP contribution in [0.2, 0.25) is 0 Å². The molecule has 6 unspecified atom stereocenters. The molecular formula is C21H32BrN5O3. The van der Waals surface area contributed by atoms with Crippen LogP contribution in [0.25, 0.3) is 0 Å². The molecule has 30 heavy (non-hydrogen) atoms. The quantitative estimate of drug-likeness (QED) is 0.503. The van der Waals surface area contributed by atoms with Crippen LogP contribution >= 0.6 is 15.9 Å². The molecule has 8 nitrogen and oxygen atoms in total. The lowest BCUT2D eigenvalue weighted by atomic mass is 9.87. The van der Waals surface area contributed by atoms with Crippen molar-refractivity contribution >= 4 is 21.8 Å². The van der Waals surface area contributed by atoms with Gasteiger partial charge in [0.1, 0.15) is 12.7 Å². The van der Waals surface area contributed by atoms with E-state index < -0.39 is 0 Å². The summed E-state index contributed by atoms with van der Waals surface area (Å²) >= 11 is 3.89. The number of carbonyl (C=O) groups excluding carboxylic acids is 1. The Hall–Kier alpha value is -0.760. The van der Waals surface area contributed by atoms with Crippen LogP contribution in [0.3, 0.4) is 0 Å². The molecule has 5 aliphatic rings. The van der Waals surface area contributed by atoms with E-state index in [1.807, 2.05) is 0 Å². The van der Waals surface area contributed by atoms with Crippen molar-refractivity contribution < 1.29 is 14.3 Å². The van der Waals surface area contributed by atoms with Crippen LogP contribution in [-0.2, 0) is 14.3 Å². The average molecular weight is 482 g/mol. The van der Waals surface area contributed by atoms with Crippen molar-refractivity contribution in [3.05, 3.63) is 0 Å². The Balaban J connectivity index is 1.09. The summed E-state index contributed by atoms with van der Waals surface area (Å²) in [5, 5.41) is 19.6. The standard InChI is InChI=1S/C21H32BrN5O3/c22-19-16-7-15(8-23)30-17(16)9-24-20(19)26-13-1-3-14(4-2-13)27-6-5-21(12-27)11-25-18(28)10-29-21/h13-17,19-20,24,26H,1-7,9-12H2,(H,25,28). The van der Waals surface area contributed by atoms with E-state index in [1.54, 1.807) is 0 Å². The fraction of sp³-hybridized carbons (Fsp3) is 0.905. The number of carbonyl (C=O) groups is 1. The topological polar surface area (TPSA) is 98.7 Å². The lowest BCUT2D eigenvalue weighted by molar-refractivity contribution is -0.142. The average Bonchev–Trinajstić information content (AvgIpc) is 3.38. The Kier molecular flexibility index (Phi) is 6.08. The third-order valence-electron chi connectivity index (χ3n) is 7.80. The third kappa shape index (κ3) is 4.15. The first kappa shape index (κ1) is 21.1. The van der Waals surface area contributed by atoms with E-state index in [9.17, 15) is 10.1 Å². The van der Waals surface area contributed by atoms with Gasteiger partial charge in [0.25, 0.3) is 0 Å². The van der Waals surface area contributed by atoms with E-state index in [0.29, 0.717) is 24.5 Å². The van der Waals surface area contributed by atoms with Crippen molar-refractivity contribution in [2.75, 3.05) is 32.8 Å². The second kappa shape index (κ2) is 8.64. The molecule has 0 bridgehead atoms. The largest absolute Gasteiger partial charge is 0.362 e. The summed E-state index contributed by atoms with van der Waals surface area (Å²) in [7, 11) is 0. The molecule has 9 heteroatoms. The van der Waals surface area contributed by atoms with Gasteiger partial charge in [0, 0.05) is 49.0 Å². The lowest BCUT2D eigenvalue weighted by Gasteiger charge is -2.42. The molecule has 1 amide bonds. The van der Waals surface area contributed by atoms with E-state index in [1.165, 1.54) is 25.7 Å². The number of nitriles is 1. The van der Waals surface area contributed by atoms with Crippen LogP contribution in [0, 0.1) is 17.2 Å². The zero-order chi connectivity index (χ0) is 20.7. The van der Waals surface area contributed by atoms with Gasteiger partial charge in [-0.2, -0.15) is 5.26 Å². The van der Waals surface area contributed by atoms with Crippen molar-refractivity contribution in [2.45, 2.75) is 79.4 Å². The number of nitrogens with zero attached hydrogens (tertiary/aromatic N) is 2. The van der Waals surface area contributed by atoms with Crippen molar-refractivity contribution in [1.29, 1.82) is 5.26 Å². The Labute approximate surface area is 186 Å². The molecule has 0 aromatic heterocycles. The summed E-state index contributed by atoms with van der Waals surface area (Å²) in [6.45, 7) is 3.67. The van der Waals surface area contributed by atoms with Gasteiger partial charge >= 0.3 is 0 Å². The van der Waals surface area contributed by atoms with Crippen molar-refractivity contribution in [1.82, 2.24) is 20.9 Å². The molecule has 0 aromatic carbocycles. The smallest absolute Gasteiger partial charge is 0.246 e. The van der Waals surface area contributed by atoms with Crippen LogP contribution in [0.5, 0.6) is 0 Å². The second-order valence-corrected chi connectivity index (χ2v) is 10.7. The minimum absolute atomic E-state index is 0.00528. The second-order valence-electron chi connectivity index (χ2n) is 9.66. The molecule has 4 heterocycles. The minimum Gasteiger partial charge on any atom is -0.362 e. The van der Waals surface area contributed by atoms with Crippen molar-refractivity contribution in [3.63, 3.8) is 0 Å². The molecule has 5 fully saturated rings. The number of ether oxygens (including phenoxy) is 2. The highest BCUT2D eigenvalue weighted by atomic mass is 79.9. The highest BCUT2D eigenvalue weighted by Gasteiger charge is 2.47. The van der Waals surface area contributed by atoms with Gasteiger partial charge in [0.15, 0.2) is 0 Å². The van der Waals surface area contributed by atoms with Gasteiger partial charge in [-0.1, -0.05) is 15.9 Å². The number of rotatable bonds is 3. The summed E-state index contributed by atoms with van der Waals surface area (Å²) in [6.07, 6.45) is 6.69. The monoisotopic (exact) mass is 481 g/mol. The zero-order valence-electron chi connectivity index (χ0n) is 17.3. The molecule has 1 spiro atoms. The number of hydrogen-bond donors (Lipinski definition) is 3. The molecule has 5 rings (SSSR count). The highest BCUT2D eigenvalue weighted by molar-refractivity contribution is 9.09. The van der Waals surface area contributed by atoms with Gasteiger partial charge in [-0.25, -0.2) is 0 Å². The molecule has 6 atom stereocenters. The molecular weight excluding hydrogens is 450 g/mol. The summed E-state index contributed by atoms with van der Waals surface area (Å²) in [5.41, 5.74) is -0.167.